The molecule has 0 aliphatic rings. The summed E-state index contributed by atoms with van der Waals surface area (Å²) in [6.07, 6.45) is 0. The molecule has 0 aliphatic carbocycles. The third kappa shape index (κ3) is 453. The van der Waals surface area contributed by atoms with Crippen LogP contribution in [-0.2, 0) is 4.79 Å². The van der Waals surface area contributed by atoms with E-state index in [1.54, 1.807) is 0 Å². The van der Waals surface area contributed by atoms with E-state index in [1.807, 2.05) is 0 Å². The fourth-order valence-corrected chi connectivity index (χ4v) is 0. The van der Waals surface area contributed by atoms with Gasteiger partial charge in [-0.05, 0) is 0 Å². The quantitative estimate of drug-likeness (QED) is 0.446. The van der Waals surface area contributed by atoms with E-state index >= 15 is 0 Å². The van der Waals surface area contributed by atoms with Gasteiger partial charge in [0.1, 0.15) is 0 Å². The zero-order valence-electron chi connectivity index (χ0n) is 6.06. The van der Waals surface area contributed by atoms with Gasteiger partial charge in [0.2, 0.25) is 0 Å². The standard InChI is InChI=1S/C2H4O2.Mg.H2O.H2S.2H/c1-2(3)4;;;;;/h1H3,(H,3,4);;2*1H2;;/q;+2;;;2*-1. The van der Waals surface area contributed by atoms with Crippen LogP contribution in [0, 0.1) is 0 Å². The van der Waals surface area contributed by atoms with Crippen molar-refractivity contribution < 1.29 is 18.2 Å². The van der Waals surface area contributed by atoms with Crippen molar-refractivity contribution >= 4 is 42.5 Å². The smallest absolute Gasteiger partial charge is 1.00 e. The third-order valence-corrected chi connectivity index (χ3v) is 0. The van der Waals surface area contributed by atoms with Crippen molar-refractivity contribution in [2.75, 3.05) is 0 Å². The summed E-state index contributed by atoms with van der Waals surface area (Å²) in [5.74, 6) is -0.833. The van der Waals surface area contributed by atoms with Crippen molar-refractivity contribution in [3.05, 3.63) is 0 Å². The van der Waals surface area contributed by atoms with Gasteiger partial charge in [0.25, 0.3) is 5.97 Å². The Labute approximate surface area is 68.0 Å². The summed E-state index contributed by atoms with van der Waals surface area (Å²) in [6, 6.07) is 0. The molecule has 0 atom stereocenters. The van der Waals surface area contributed by atoms with Gasteiger partial charge in [0, 0.05) is 6.92 Å². The molecule has 0 unspecified atom stereocenters. The van der Waals surface area contributed by atoms with Crippen molar-refractivity contribution in [1.82, 2.24) is 0 Å². The largest absolute Gasteiger partial charge is 2.00 e. The number of aliphatic carboxylic acids is 1. The number of carboxylic acids is 1. The van der Waals surface area contributed by atoms with Gasteiger partial charge in [-0.2, -0.15) is 13.5 Å². The Morgan fingerprint density at radius 3 is 1.71 bits per heavy atom. The zero-order valence-corrected chi connectivity index (χ0v) is 6.48. The van der Waals surface area contributed by atoms with E-state index in [0.717, 1.165) is 6.92 Å². The summed E-state index contributed by atoms with van der Waals surface area (Å²) in [5, 5.41) is 7.42. The first kappa shape index (κ1) is 25.7. The van der Waals surface area contributed by atoms with Crippen molar-refractivity contribution in [1.29, 1.82) is 0 Å². The molecule has 0 saturated carbocycles. The Morgan fingerprint density at radius 2 is 1.71 bits per heavy atom. The Balaban J connectivity index is -0.00000000450. The molecule has 0 rings (SSSR count). The molecule has 0 aromatic carbocycles. The molecule has 0 spiro atoms. The van der Waals surface area contributed by atoms with Crippen LogP contribution < -0.4 is 0 Å². The van der Waals surface area contributed by atoms with Crippen LogP contribution in [0.4, 0.5) is 0 Å². The maximum atomic E-state index is 9.00. The molecule has 0 saturated heterocycles. The van der Waals surface area contributed by atoms with E-state index < -0.39 is 5.97 Å². The monoisotopic (exact) mass is 138 g/mol. The van der Waals surface area contributed by atoms with E-state index in [9.17, 15) is 0 Å². The fraction of sp³-hybridized carbons (Fsp3) is 0.500. The van der Waals surface area contributed by atoms with Crippen LogP contribution in [0.25, 0.3) is 0 Å². The molecule has 0 aliphatic heterocycles. The summed E-state index contributed by atoms with van der Waals surface area (Å²) in [6.45, 7) is 1.08. The Bertz CT molecular complexity index is 42.8. The summed E-state index contributed by atoms with van der Waals surface area (Å²) >= 11 is 0. The van der Waals surface area contributed by atoms with Crippen molar-refractivity contribution in [3.8, 4) is 0 Å². The molecule has 44 valence electrons. The average Bonchev–Trinajstić information content (AvgIpc) is 0.811. The molecule has 0 bridgehead atoms. The van der Waals surface area contributed by atoms with Gasteiger partial charge in [-0.1, -0.05) is 0 Å². The van der Waals surface area contributed by atoms with Gasteiger partial charge in [-0.3, -0.25) is 4.79 Å². The third-order valence-electron chi connectivity index (χ3n) is 0. The average molecular weight is 138 g/mol. The summed E-state index contributed by atoms with van der Waals surface area (Å²) < 4.78 is 0. The Morgan fingerprint density at radius 1 is 1.71 bits per heavy atom. The van der Waals surface area contributed by atoms with Crippen LogP contribution in [0.15, 0.2) is 0 Å². The zero-order chi connectivity index (χ0) is 3.58. The van der Waals surface area contributed by atoms with Crippen molar-refractivity contribution in [3.63, 3.8) is 0 Å². The van der Waals surface area contributed by atoms with Crippen LogP contribution in [0.5, 0.6) is 0 Å². The maximum Gasteiger partial charge on any atom is 2.00 e. The Hall–Kier alpha value is 0.546. The minimum atomic E-state index is -0.833. The van der Waals surface area contributed by atoms with E-state index in [-0.39, 0.29) is 44.9 Å². The predicted molar refractivity (Wildman–Crippen MR) is 35.3 cm³/mol. The number of rotatable bonds is 0. The van der Waals surface area contributed by atoms with Crippen LogP contribution in [0.3, 0.4) is 0 Å². The molecule has 3 nitrogen and oxygen atoms in total. The molecule has 0 aromatic heterocycles. The van der Waals surface area contributed by atoms with Gasteiger partial charge in [0.05, 0.1) is 0 Å². The van der Waals surface area contributed by atoms with E-state index in [0.29, 0.717) is 0 Å². The summed E-state index contributed by atoms with van der Waals surface area (Å²) in [5.41, 5.74) is 0. The molecule has 0 heterocycles. The molecule has 0 fully saturated rings. The minimum Gasteiger partial charge on any atom is -1.00 e. The SMILES string of the molecule is CC(=O)O.O.S.[H-].[H-].[Mg+2]. The van der Waals surface area contributed by atoms with Gasteiger partial charge < -0.3 is 13.4 Å². The van der Waals surface area contributed by atoms with Gasteiger partial charge in [0.15, 0.2) is 0 Å². The topological polar surface area (TPSA) is 68.8 Å². The Kier molecular flexibility index (Phi) is 58.8. The first-order chi connectivity index (χ1) is 1.73. The second-order valence-corrected chi connectivity index (χ2v) is 0.519. The molecule has 3 N–H and O–H groups in total. The normalized spacial score (nSPS) is 3.57. The van der Waals surface area contributed by atoms with Crippen LogP contribution in [-0.4, -0.2) is 39.6 Å². The van der Waals surface area contributed by atoms with Crippen LogP contribution in [0.2, 0.25) is 0 Å². The number of carbonyl (C=O) groups is 1. The van der Waals surface area contributed by atoms with Crippen LogP contribution in [0.1, 0.15) is 9.78 Å². The molecule has 0 amide bonds. The van der Waals surface area contributed by atoms with Crippen molar-refractivity contribution in [2.45, 2.75) is 6.92 Å². The fourth-order valence-electron chi connectivity index (χ4n) is 0. The number of hydrogen-bond acceptors (Lipinski definition) is 1. The molecule has 7 heavy (non-hydrogen) atoms. The van der Waals surface area contributed by atoms with Crippen LogP contribution >= 0.6 is 13.5 Å². The van der Waals surface area contributed by atoms with Gasteiger partial charge >= 0.3 is 23.1 Å². The second kappa shape index (κ2) is 16.0. The minimum absolute atomic E-state index is 0. The van der Waals surface area contributed by atoms with Gasteiger partial charge in [-0.25, -0.2) is 0 Å². The van der Waals surface area contributed by atoms with Gasteiger partial charge in [-0.15, -0.1) is 0 Å². The molecule has 5 heteroatoms. The molecule has 0 radical (unpaired) electrons. The first-order valence-corrected chi connectivity index (χ1v) is 0.928. The van der Waals surface area contributed by atoms with Crippen molar-refractivity contribution in [2.24, 2.45) is 0 Å². The van der Waals surface area contributed by atoms with E-state index in [4.69, 9.17) is 9.90 Å². The van der Waals surface area contributed by atoms with E-state index in [1.165, 1.54) is 0 Å². The molecular formula is C2H10MgO3S. The molecule has 0 aromatic rings. The predicted octanol–water partition coefficient (Wildman–Crippen LogP) is -0.777. The number of hydrogen-bond donors (Lipinski definition) is 1. The van der Waals surface area contributed by atoms with E-state index in [2.05, 4.69) is 0 Å². The number of carboxylic acid groups (broad SMARTS) is 1. The second-order valence-electron chi connectivity index (χ2n) is 0.519. The maximum absolute atomic E-state index is 9.00. The summed E-state index contributed by atoms with van der Waals surface area (Å²) in [7, 11) is 0. The molecular weight excluding hydrogens is 128 g/mol. The first-order valence-electron chi connectivity index (χ1n) is 0.928. The summed E-state index contributed by atoms with van der Waals surface area (Å²) in [4.78, 5) is 9.00.